The molecule has 2 amide bonds. The third kappa shape index (κ3) is 5.25. The summed E-state index contributed by atoms with van der Waals surface area (Å²) in [6.07, 6.45) is 2.02. The highest BCUT2D eigenvalue weighted by Gasteiger charge is 2.27. The van der Waals surface area contributed by atoms with E-state index >= 15 is 0 Å². The minimum absolute atomic E-state index is 0.0264. The van der Waals surface area contributed by atoms with Crippen LogP contribution in [0.4, 0.5) is 5.69 Å². The highest BCUT2D eigenvalue weighted by atomic mass is 16.6. The van der Waals surface area contributed by atoms with Gasteiger partial charge in [0.25, 0.3) is 11.6 Å². The van der Waals surface area contributed by atoms with Crippen LogP contribution in [0.5, 0.6) is 0 Å². The topological polar surface area (TPSA) is 102 Å². The Kier molecular flexibility index (Phi) is 6.88. The Balaban J connectivity index is 1.81. The van der Waals surface area contributed by atoms with E-state index < -0.39 is 4.92 Å². The predicted molar refractivity (Wildman–Crippen MR) is 91.2 cm³/mol. The molecule has 0 unspecified atom stereocenters. The van der Waals surface area contributed by atoms with Gasteiger partial charge in [-0.3, -0.25) is 19.7 Å². The number of likely N-dealkylation sites (tertiary alicyclic amines) is 1. The van der Waals surface area contributed by atoms with E-state index in [1.807, 2.05) is 0 Å². The lowest BCUT2D eigenvalue weighted by atomic mass is 9.95. The standard InChI is InChI=1S/C17H23N3O5/c1-25-12-2-9-18-16(21)13-7-10-19(11-8-13)17(22)14-3-5-15(6-4-14)20(23)24/h3-6,13H,2,7-12H2,1H3,(H,18,21). The molecular formula is C17H23N3O5. The molecule has 1 N–H and O–H groups in total. The zero-order valence-corrected chi connectivity index (χ0v) is 14.3. The number of nitrogens with one attached hydrogen (secondary N) is 1. The Bertz CT molecular complexity index is 609. The Morgan fingerprint density at radius 3 is 2.48 bits per heavy atom. The summed E-state index contributed by atoms with van der Waals surface area (Å²) in [7, 11) is 1.62. The Morgan fingerprint density at radius 1 is 1.28 bits per heavy atom. The second-order valence-electron chi connectivity index (χ2n) is 6.01. The molecule has 8 heteroatoms. The van der Waals surface area contributed by atoms with Crippen molar-refractivity contribution in [3.8, 4) is 0 Å². The monoisotopic (exact) mass is 349 g/mol. The number of carbonyl (C=O) groups is 2. The number of benzene rings is 1. The first-order valence-corrected chi connectivity index (χ1v) is 8.33. The lowest BCUT2D eigenvalue weighted by molar-refractivity contribution is -0.384. The van der Waals surface area contributed by atoms with Gasteiger partial charge in [-0.2, -0.15) is 0 Å². The third-order valence-corrected chi connectivity index (χ3v) is 4.30. The fourth-order valence-electron chi connectivity index (χ4n) is 2.83. The largest absolute Gasteiger partial charge is 0.385 e. The van der Waals surface area contributed by atoms with Crippen LogP contribution in [0.3, 0.4) is 0 Å². The maximum atomic E-state index is 12.4. The van der Waals surface area contributed by atoms with Crippen molar-refractivity contribution in [2.24, 2.45) is 5.92 Å². The summed E-state index contributed by atoms with van der Waals surface area (Å²) in [6.45, 7) is 2.22. The number of hydrogen-bond acceptors (Lipinski definition) is 5. The number of nitrogens with zero attached hydrogens (tertiary/aromatic N) is 2. The summed E-state index contributed by atoms with van der Waals surface area (Å²) in [5.41, 5.74) is 0.383. The minimum Gasteiger partial charge on any atom is -0.385 e. The molecular weight excluding hydrogens is 326 g/mol. The van der Waals surface area contributed by atoms with Crippen LogP contribution < -0.4 is 5.32 Å². The molecule has 0 bridgehead atoms. The smallest absolute Gasteiger partial charge is 0.269 e. The van der Waals surface area contributed by atoms with E-state index in [0.717, 1.165) is 6.42 Å². The van der Waals surface area contributed by atoms with E-state index in [0.29, 0.717) is 44.6 Å². The van der Waals surface area contributed by atoms with Gasteiger partial charge in [0.05, 0.1) is 4.92 Å². The molecule has 1 aliphatic heterocycles. The number of ether oxygens (including phenoxy) is 1. The SMILES string of the molecule is COCCCNC(=O)C1CCN(C(=O)c2ccc([N+](=O)[O-])cc2)CC1. The molecule has 25 heavy (non-hydrogen) atoms. The van der Waals surface area contributed by atoms with Crippen molar-refractivity contribution in [3.63, 3.8) is 0 Å². The van der Waals surface area contributed by atoms with Crippen LogP contribution in [0.2, 0.25) is 0 Å². The first kappa shape index (κ1) is 18.9. The molecule has 1 fully saturated rings. The molecule has 136 valence electrons. The van der Waals surface area contributed by atoms with Crippen LogP contribution in [-0.4, -0.2) is 55.0 Å². The number of nitro groups is 1. The predicted octanol–water partition coefficient (Wildman–Crippen LogP) is 1.60. The van der Waals surface area contributed by atoms with Crippen LogP contribution in [0.15, 0.2) is 24.3 Å². The molecule has 0 spiro atoms. The van der Waals surface area contributed by atoms with Crippen molar-refractivity contribution in [1.82, 2.24) is 10.2 Å². The van der Waals surface area contributed by atoms with Crippen molar-refractivity contribution in [2.45, 2.75) is 19.3 Å². The van der Waals surface area contributed by atoms with E-state index in [4.69, 9.17) is 4.74 Å². The lowest BCUT2D eigenvalue weighted by Gasteiger charge is -2.31. The summed E-state index contributed by atoms with van der Waals surface area (Å²) in [4.78, 5) is 36.4. The average Bonchev–Trinajstić information content (AvgIpc) is 2.64. The van der Waals surface area contributed by atoms with Gasteiger partial charge in [0.15, 0.2) is 0 Å². The third-order valence-electron chi connectivity index (χ3n) is 4.30. The number of methoxy groups -OCH3 is 1. The van der Waals surface area contributed by atoms with E-state index in [1.54, 1.807) is 12.0 Å². The van der Waals surface area contributed by atoms with Crippen molar-refractivity contribution < 1.29 is 19.2 Å². The van der Waals surface area contributed by atoms with E-state index in [1.165, 1.54) is 24.3 Å². The number of nitro benzene ring substituents is 1. The maximum Gasteiger partial charge on any atom is 0.269 e. The molecule has 0 aromatic heterocycles. The summed E-state index contributed by atoms with van der Waals surface area (Å²) in [5, 5.41) is 13.6. The highest BCUT2D eigenvalue weighted by Crippen LogP contribution is 2.20. The Hall–Kier alpha value is -2.48. The zero-order valence-electron chi connectivity index (χ0n) is 14.3. The quantitative estimate of drug-likeness (QED) is 0.458. The van der Waals surface area contributed by atoms with Gasteiger partial charge in [-0.05, 0) is 31.4 Å². The van der Waals surface area contributed by atoms with Gasteiger partial charge >= 0.3 is 0 Å². The average molecular weight is 349 g/mol. The summed E-state index contributed by atoms with van der Waals surface area (Å²) >= 11 is 0. The lowest BCUT2D eigenvalue weighted by Crippen LogP contribution is -2.43. The molecule has 8 nitrogen and oxygen atoms in total. The molecule has 0 aliphatic carbocycles. The number of rotatable bonds is 7. The summed E-state index contributed by atoms with van der Waals surface area (Å²) < 4.78 is 4.94. The van der Waals surface area contributed by atoms with Gasteiger partial charge in [-0.1, -0.05) is 0 Å². The zero-order chi connectivity index (χ0) is 18.2. The van der Waals surface area contributed by atoms with Crippen molar-refractivity contribution in [1.29, 1.82) is 0 Å². The molecule has 1 aliphatic rings. The number of carbonyl (C=O) groups excluding carboxylic acids is 2. The second-order valence-corrected chi connectivity index (χ2v) is 6.01. The maximum absolute atomic E-state index is 12.4. The fraction of sp³-hybridized carbons (Fsp3) is 0.529. The van der Waals surface area contributed by atoms with E-state index in [-0.39, 0.29) is 23.4 Å². The van der Waals surface area contributed by atoms with Crippen LogP contribution in [-0.2, 0) is 9.53 Å². The molecule has 2 rings (SSSR count). The number of piperidine rings is 1. The first-order valence-electron chi connectivity index (χ1n) is 8.33. The summed E-state index contributed by atoms with van der Waals surface area (Å²) in [6, 6.07) is 5.59. The normalized spacial score (nSPS) is 15.0. The van der Waals surface area contributed by atoms with Crippen LogP contribution >= 0.6 is 0 Å². The van der Waals surface area contributed by atoms with Crippen molar-refractivity contribution >= 4 is 17.5 Å². The second kappa shape index (κ2) is 9.12. The molecule has 1 heterocycles. The van der Waals surface area contributed by atoms with Gasteiger partial charge in [0.2, 0.25) is 5.91 Å². The Labute approximate surface area is 146 Å². The number of non-ortho nitro benzene ring substituents is 1. The first-order chi connectivity index (χ1) is 12.0. The molecule has 0 radical (unpaired) electrons. The molecule has 1 aromatic carbocycles. The van der Waals surface area contributed by atoms with Gasteiger partial charge in [0.1, 0.15) is 0 Å². The van der Waals surface area contributed by atoms with Gasteiger partial charge in [-0.15, -0.1) is 0 Å². The highest BCUT2D eigenvalue weighted by molar-refractivity contribution is 5.94. The van der Waals surface area contributed by atoms with E-state index in [9.17, 15) is 19.7 Å². The van der Waals surface area contributed by atoms with Crippen LogP contribution in [0.1, 0.15) is 29.6 Å². The molecule has 1 saturated heterocycles. The van der Waals surface area contributed by atoms with Crippen molar-refractivity contribution in [3.05, 3.63) is 39.9 Å². The van der Waals surface area contributed by atoms with Gasteiger partial charge < -0.3 is 15.0 Å². The van der Waals surface area contributed by atoms with Crippen molar-refractivity contribution in [2.75, 3.05) is 33.4 Å². The van der Waals surface area contributed by atoms with Gasteiger partial charge in [-0.25, -0.2) is 0 Å². The van der Waals surface area contributed by atoms with Crippen LogP contribution in [0.25, 0.3) is 0 Å². The van der Waals surface area contributed by atoms with Crippen LogP contribution in [0, 0.1) is 16.0 Å². The summed E-state index contributed by atoms with van der Waals surface area (Å²) in [5.74, 6) is -0.212. The molecule has 0 atom stereocenters. The molecule has 0 saturated carbocycles. The Morgan fingerprint density at radius 2 is 1.92 bits per heavy atom. The number of amides is 2. The molecule has 1 aromatic rings. The minimum atomic E-state index is -0.495. The fourth-order valence-corrected chi connectivity index (χ4v) is 2.83. The number of hydrogen-bond donors (Lipinski definition) is 1. The van der Waals surface area contributed by atoms with E-state index in [2.05, 4.69) is 5.32 Å². The van der Waals surface area contributed by atoms with Gasteiger partial charge in [0, 0.05) is 57.0 Å².